The average Bonchev–Trinajstić information content (AvgIpc) is 3.19. The van der Waals surface area contributed by atoms with Crippen LogP contribution in [0.15, 0.2) is 51.8 Å². The quantitative estimate of drug-likeness (QED) is 0.539. The van der Waals surface area contributed by atoms with Crippen LogP contribution in [0.3, 0.4) is 0 Å². The van der Waals surface area contributed by atoms with Crippen LogP contribution in [0.2, 0.25) is 5.02 Å². The molecule has 3 rings (SSSR count). The molecule has 0 unspecified atom stereocenters. The monoisotopic (exact) mass is 514 g/mol. The van der Waals surface area contributed by atoms with Crippen LogP contribution in [0.5, 0.6) is 5.75 Å². The molecule has 9 heteroatoms. The van der Waals surface area contributed by atoms with E-state index >= 15 is 0 Å². The van der Waals surface area contributed by atoms with Crippen LogP contribution in [0, 0.1) is 0 Å². The minimum Gasteiger partial charge on any atom is -0.482 e. The third-order valence-electron chi connectivity index (χ3n) is 5.00. The highest BCUT2D eigenvalue weighted by atomic mass is 79.9. The number of hydrogen-bond donors (Lipinski definition) is 2. The Morgan fingerprint density at radius 2 is 1.87 bits per heavy atom. The number of amides is 1. The number of halogens is 2. The van der Waals surface area contributed by atoms with E-state index in [4.69, 9.17) is 16.3 Å². The first-order chi connectivity index (χ1) is 14.2. The van der Waals surface area contributed by atoms with E-state index in [2.05, 4.69) is 26.0 Å². The van der Waals surface area contributed by atoms with Crippen LogP contribution in [0.1, 0.15) is 44.2 Å². The Kier molecular flexibility index (Phi) is 7.79. The number of carbonyl (C=O) groups is 1. The lowest BCUT2D eigenvalue weighted by atomic mass is 10.1. The highest BCUT2D eigenvalue weighted by molar-refractivity contribution is 9.10. The predicted molar refractivity (Wildman–Crippen MR) is 120 cm³/mol. The Hall–Kier alpha value is -1.61. The molecule has 0 aromatic heterocycles. The van der Waals surface area contributed by atoms with E-state index < -0.39 is 10.0 Å². The van der Waals surface area contributed by atoms with E-state index in [0.29, 0.717) is 0 Å². The Balaban J connectivity index is 1.56. The summed E-state index contributed by atoms with van der Waals surface area (Å²) in [5.41, 5.74) is 0.967. The van der Waals surface area contributed by atoms with E-state index in [1.54, 1.807) is 0 Å². The summed E-state index contributed by atoms with van der Waals surface area (Å²) in [5.74, 6) is -0.0518. The molecule has 6 nitrogen and oxygen atoms in total. The summed E-state index contributed by atoms with van der Waals surface area (Å²) in [4.78, 5) is 12.3. The molecule has 1 saturated carbocycles. The van der Waals surface area contributed by atoms with Crippen LogP contribution in [0.25, 0.3) is 0 Å². The summed E-state index contributed by atoms with van der Waals surface area (Å²) < 4.78 is 34.2. The van der Waals surface area contributed by atoms with Gasteiger partial charge in [0.05, 0.1) is 16.0 Å². The van der Waals surface area contributed by atoms with Gasteiger partial charge in [-0.15, -0.1) is 0 Å². The lowest BCUT2D eigenvalue weighted by molar-refractivity contribution is -0.123. The van der Waals surface area contributed by atoms with Gasteiger partial charge in [0.1, 0.15) is 5.75 Å². The van der Waals surface area contributed by atoms with E-state index in [9.17, 15) is 13.2 Å². The highest BCUT2D eigenvalue weighted by Gasteiger charge is 2.23. The van der Waals surface area contributed by atoms with Gasteiger partial charge < -0.3 is 10.1 Å². The summed E-state index contributed by atoms with van der Waals surface area (Å²) in [6.45, 7) is 1.65. The summed E-state index contributed by atoms with van der Waals surface area (Å²) in [5, 5.41) is 2.99. The van der Waals surface area contributed by atoms with Crippen LogP contribution in [0.4, 0.5) is 0 Å². The van der Waals surface area contributed by atoms with E-state index in [1.165, 1.54) is 18.2 Å². The van der Waals surface area contributed by atoms with Gasteiger partial charge >= 0.3 is 0 Å². The van der Waals surface area contributed by atoms with Crippen molar-refractivity contribution in [2.45, 2.75) is 49.6 Å². The molecular formula is C21H24BrClN2O4S. The van der Waals surface area contributed by atoms with Crippen molar-refractivity contribution in [2.24, 2.45) is 0 Å². The van der Waals surface area contributed by atoms with Crippen molar-refractivity contribution in [1.82, 2.24) is 10.0 Å². The third kappa shape index (κ3) is 6.20. The first-order valence-electron chi connectivity index (χ1n) is 9.74. The van der Waals surface area contributed by atoms with Gasteiger partial charge in [-0.3, -0.25) is 4.79 Å². The molecular weight excluding hydrogens is 492 g/mol. The van der Waals surface area contributed by atoms with Crippen molar-refractivity contribution in [2.75, 3.05) is 6.61 Å². The first kappa shape index (κ1) is 23.1. The zero-order valence-electron chi connectivity index (χ0n) is 16.5. The summed E-state index contributed by atoms with van der Waals surface area (Å²) >= 11 is 9.58. The van der Waals surface area contributed by atoms with Gasteiger partial charge in [0, 0.05) is 10.5 Å². The van der Waals surface area contributed by atoms with E-state index in [-0.39, 0.29) is 40.3 Å². The molecule has 30 heavy (non-hydrogen) atoms. The molecule has 0 saturated heterocycles. The lowest BCUT2D eigenvalue weighted by Crippen LogP contribution is -2.32. The second-order valence-corrected chi connectivity index (χ2v) is 10.4. The molecule has 2 N–H and O–H groups in total. The number of hydrogen-bond acceptors (Lipinski definition) is 4. The molecule has 2 aromatic rings. The number of carbonyl (C=O) groups excluding carboxylic acids is 1. The maximum absolute atomic E-state index is 12.5. The van der Waals surface area contributed by atoms with Gasteiger partial charge in [-0.1, -0.05) is 52.5 Å². The van der Waals surface area contributed by atoms with Crippen LogP contribution >= 0.6 is 27.5 Å². The van der Waals surface area contributed by atoms with Crippen LogP contribution < -0.4 is 14.8 Å². The predicted octanol–water partition coefficient (Wildman–Crippen LogP) is 4.58. The number of rotatable bonds is 8. The second-order valence-electron chi connectivity index (χ2n) is 7.32. The molecule has 1 fully saturated rings. The van der Waals surface area contributed by atoms with Crippen molar-refractivity contribution in [3.05, 3.63) is 57.5 Å². The second kappa shape index (κ2) is 10.1. The lowest BCUT2D eigenvalue weighted by Gasteiger charge is -2.16. The maximum Gasteiger partial charge on any atom is 0.258 e. The van der Waals surface area contributed by atoms with Crippen molar-refractivity contribution in [1.29, 1.82) is 0 Å². The van der Waals surface area contributed by atoms with Gasteiger partial charge in [-0.2, -0.15) is 0 Å². The Morgan fingerprint density at radius 3 is 2.50 bits per heavy atom. The normalized spacial score (nSPS) is 15.7. The van der Waals surface area contributed by atoms with Gasteiger partial charge in [0.2, 0.25) is 10.0 Å². The Labute approximate surface area is 190 Å². The summed E-state index contributed by atoms with van der Waals surface area (Å²) in [6.07, 6.45) is 3.76. The first-order valence-corrected chi connectivity index (χ1v) is 12.4. The molecule has 2 aromatic carbocycles. The Morgan fingerprint density at radius 1 is 1.20 bits per heavy atom. The Bertz CT molecular complexity index is 993. The van der Waals surface area contributed by atoms with Gasteiger partial charge in [-0.05, 0) is 55.7 Å². The third-order valence-corrected chi connectivity index (χ3v) is 7.34. The number of nitrogens with one attached hydrogen (secondary N) is 2. The largest absolute Gasteiger partial charge is 0.482 e. The SMILES string of the molecule is C[C@@H](NC(=O)COc1ccc(S(=O)(=O)NC2CCCC2)cc1Cl)c1ccc(Br)cc1. The van der Waals surface area contributed by atoms with Gasteiger partial charge in [0.15, 0.2) is 6.61 Å². The maximum atomic E-state index is 12.5. The van der Waals surface area contributed by atoms with Crippen LogP contribution in [-0.2, 0) is 14.8 Å². The zero-order chi connectivity index (χ0) is 21.7. The molecule has 0 heterocycles. The van der Waals surface area contributed by atoms with Gasteiger partial charge in [0.25, 0.3) is 5.91 Å². The van der Waals surface area contributed by atoms with Crippen molar-refractivity contribution >= 4 is 43.5 Å². The molecule has 162 valence electrons. The average molecular weight is 516 g/mol. The number of ether oxygens (including phenoxy) is 1. The highest BCUT2D eigenvalue weighted by Crippen LogP contribution is 2.28. The molecule has 1 atom stereocenters. The fourth-order valence-electron chi connectivity index (χ4n) is 3.36. The molecule has 0 aliphatic heterocycles. The summed E-state index contributed by atoms with van der Waals surface area (Å²) in [7, 11) is -3.64. The minimum absolute atomic E-state index is 0.0267. The molecule has 1 aliphatic rings. The van der Waals surface area contributed by atoms with Crippen LogP contribution in [-0.4, -0.2) is 27.0 Å². The smallest absolute Gasteiger partial charge is 0.258 e. The fraction of sp³-hybridized carbons (Fsp3) is 0.381. The number of benzene rings is 2. The van der Waals surface area contributed by atoms with Gasteiger partial charge in [-0.25, -0.2) is 13.1 Å². The minimum atomic E-state index is -3.64. The molecule has 0 radical (unpaired) electrons. The standard InChI is InChI=1S/C21H24BrClN2O4S/c1-14(15-6-8-16(22)9-7-15)24-21(26)13-29-20-11-10-18(12-19(20)23)30(27,28)25-17-4-2-3-5-17/h6-12,14,17,25H,2-5,13H2,1H3,(H,24,26)/t14-/m1/s1. The zero-order valence-corrected chi connectivity index (χ0v) is 19.7. The molecule has 0 spiro atoms. The topological polar surface area (TPSA) is 84.5 Å². The molecule has 1 aliphatic carbocycles. The summed E-state index contributed by atoms with van der Waals surface area (Å²) in [6, 6.07) is 11.7. The number of sulfonamides is 1. The molecule has 1 amide bonds. The van der Waals surface area contributed by atoms with Crippen molar-refractivity contribution < 1.29 is 17.9 Å². The van der Waals surface area contributed by atoms with Crippen molar-refractivity contribution in [3.8, 4) is 5.75 Å². The van der Waals surface area contributed by atoms with Crippen molar-refractivity contribution in [3.63, 3.8) is 0 Å². The van der Waals surface area contributed by atoms with E-state index in [1.807, 2.05) is 31.2 Å². The van der Waals surface area contributed by atoms with E-state index in [0.717, 1.165) is 35.7 Å². The molecule has 0 bridgehead atoms. The fourth-order valence-corrected chi connectivity index (χ4v) is 5.25.